The Morgan fingerprint density at radius 1 is 1.16 bits per heavy atom. The van der Waals surface area contributed by atoms with Crippen molar-refractivity contribution < 1.29 is 9.90 Å². The second kappa shape index (κ2) is 5.31. The number of carbonyl (C=O) groups excluding carboxylic acids is 1. The maximum atomic E-state index is 12.3. The van der Waals surface area contributed by atoms with Gasteiger partial charge in [-0.25, -0.2) is 0 Å². The molecule has 2 aliphatic rings. The number of para-hydroxylation sites is 1. The Hall–Kier alpha value is -1.39. The molecule has 0 spiro atoms. The van der Waals surface area contributed by atoms with E-state index in [1.165, 1.54) is 5.56 Å². The number of amides is 1. The average Bonchev–Trinajstić information content (AvgIpc) is 2.58. The van der Waals surface area contributed by atoms with Crippen LogP contribution in [0.5, 0.6) is 0 Å². The van der Waals surface area contributed by atoms with Crippen LogP contribution in [-0.2, 0) is 11.2 Å². The topological polar surface area (TPSA) is 52.6 Å². The highest BCUT2D eigenvalue weighted by molar-refractivity contribution is 5.96. The van der Waals surface area contributed by atoms with Crippen molar-refractivity contribution in [2.45, 2.75) is 37.8 Å². The molecule has 1 unspecified atom stereocenters. The van der Waals surface area contributed by atoms with E-state index in [-0.39, 0.29) is 18.1 Å². The van der Waals surface area contributed by atoms with Gasteiger partial charge < -0.3 is 10.4 Å². The number of benzene rings is 1. The maximum absolute atomic E-state index is 12.3. The van der Waals surface area contributed by atoms with Crippen LogP contribution in [0, 0.1) is 0 Å². The molecule has 102 valence electrons. The molecule has 1 atom stereocenters. The van der Waals surface area contributed by atoms with Crippen LogP contribution in [0.25, 0.3) is 0 Å². The summed E-state index contributed by atoms with van der Waals surface area (Å²) >= 11 is 0. The Bertz CT molecular complexity index is 467. The smallest absolute Gasteiger partial charge is 0.241 e. The number of aliphatic hydroxyl groups excluding tert-OH is 1. The zero-order valence-corrected chi connectivity index (χ0v) is 11.0. The van der Waals surface area contributed by atoms with Gasteiger partial charge in [0.15, 0.2) is 0 Å². The highest BCUT2D eigenvalue weighted by Gasteiger charge is 2.31. The van der Waals surface area contributed by atoms with Gasteiger partial charge in [0.05, 0.1) is 12.1 Å². The van der Waals surface area contributed by atoms with Crippen LogP contribution in [0.3, 0.4) is 0 Å². The Morgan fingerprint density at radius 2 is 1.89 bits per heavy atom. The second-order valence-corrected chi connectivity index (χ2v) is 5.47. The number of carbonyl (C=O) groups is 1. The molecule has 2 aliphatic heterocycles. The normalized spacial score (nSPS) is 25.5. The zero-order valence-electron chi connectivity index (χ0n) is 11.0. The predicted molar refractivity (Wildman–Crippen MR) is 74.0 cm³/mol. The number of piperidine rings is 1. The van der Waals surface area contributed by atoms with Crippen molar-refractivity contribution in [3.05, 3.63) is 29.8 Å². The highest BCUT2D eigenvalue weighted by atomic mass is 16.3. The Morgan fingerprint density at radius 3 is 2.68 bits per heavy atom. The fraction of sp³-hybridized carbons (Fsp3) is 0.533. The number of fused-ring (bicyclic) bond motifs is 1. The molecule has 0 bridgehead atoms. The summed E-state index contributed by atoms with van der Waals surface area (Å²) in [5.41, 5.74) is 2.17. The van der Waals surface area contributed by atoms with E-state index in [0.29, 0.717) is 0 Å². The SMILES string of the molecule is O=C1Nc2ccccc2CCC1N1CCC(O)CC1. The number of hydrogen-bond donors (Lipinski definition) is 2. The van der Waals surface area contributed by atoms with Crippen molar-refractivity contribution in [3.8, 4) is 0 Å². The Kier molecular flexibility index (Phi) is 3.53. The summed E-state index contributed by atoms with van der Waals surface area (Å²) in [4.78, 5) is 14.6. The van der Waals surface area contributed by atoms with E-state index in [9.17, 15) is 9.90 Å². The predicted octanol–water partition coefficient (Wildman–Crippen LogP) is 1.40. The third-order valence-corrected chi connectivity index (χ3v) is 4.20. The summed E-state index contributed by atoms with van der Waals surface area (Å²) in [7, 11) is 0. The number of nitrogens with zero attached hydrogens (tertiary/aromatic N) is 1. The van der Waals surface area contributed by atoms with E-state index >= 15 is 0 Å². The molecule has 1 fully saturated rings. The first-order valence-electron chi connectivity index (χ1n) is 7.05. The van der Waals surface area contributed by atoms with E-state index in [1.807, 2.05) is 18.2 Å². The van der Waals surface area contributed by atoms with Crippen molar-refractivity contribution in [3.63, 3.8) is 0 Å². The van der Waals surface area contributed by atoms with Crippen molar-refractivity contribution in [2.24, 2.45) is 0 Å². The summed E-state index contributed by atoms with van der Waals surface area (Å²) in [5, 5.41) is 12.6. The van der Waals surface area contributed by atoms with E-state index < -0.39 is 0 Å². The lowest BCUT2D eigenvalue weighted by molar-refractivity contribution is -0.122. The lowest BCUT2D eigenvalue weighted by Gasteiger charge is -2.34. The van der Waals surface area contributed by atoms with Crippen LogP contribution >= 0.6 is 0 Å². The summed E-state index contributed by atoms with van der Waals surface area (Å²) in [5.74, 6) is 0.0985. The molecule has 1 aromatic rings. The minimum absolute atomic E-state index is 0.0556. The van der Waals surface area contributed by atoms with Crippen LogP contribution in [0.1, 0.15) is 24.8 Å². The molecular weight excluding hydrogens is 240 g/mol. The Labute approximate surface area is 113 Å². The number of likely N-dealkylation sites (tertiary alicyclic amines) is 1. The first-order valence-corrected chi connectivity index (χ1v) is 7.05. The maximum Gasteiger partial charge on any atom is 0.241 e. The fourth-order valence-electron chi connectivity index (χ4n) is 3.05. The molecule has 3 rings (SSSR count). The first kappa shape index (κ1) is 12.6. The van der Waals surface area contributed by atoms with Gasteiger partial charge in [-0.2, -0.15) is 0 Å². The van der Waals surface area contributed by atoms with Gasteiger partial charge in [0, 0.05) is 18.8 Å². The van der Waals surface area contributed by atoms with Gasteiger partial charge >= 0.3 is 0 Å². The van der Waals surface area contributed by atoms with Crippen LogP contribution in [0.4, 0.5) is 5.69 Å². The van der Waals surface area contributed by atoms with Gasteiger partial charge in [-0.1, -0.05) is 18.2 Å². The standard InChI is InChI=1S/C15H20N2O2/c18-12-7-9-17(10-8-12)14-6-5-11-3-1-2-4-13(11)16-15(14)19/h1-4,12,14,18H,5-10H2,(H,16,19). The lowest BCUT2D eigenvalue weighted by atomic mass is 10.0. The summed E-state index contributed by atoms with van der Waals surface area (Å²) in [6, 6.07) is 7.96. The largest absolute Gasteiger partial charge is 0.393 e. The van der Waals surface area contributed by atoms with Gasteiger partial charge in [-0.05, 0) is 37.3 Å². The van der Waals surface area contributed by atoms with Gasteiger partial charge in [0.2, 0.25) is 5.91 Å². The number of nitrogens with one attached hydrogen (secondary N) is 1. The molecule has 2 heterocycles. The molecule has 2 N–H and O–H groups in total. The molecule has 1 amide bonds. The van der Waals surface area contributed by atoms with Gasteiger partial charge in [0.1, 0.15) is 0 Å². The molecule has 0 aliphatic carbocycles. The van der Waals surface area contributed by atoms with Crippen LogP contribution in [-0.4, -0.2) is 41.1 Å². The zero-order chi connectivity index (χ0) is 13.2. The van der Waals surface area contributed by atoms with Crippen LogP contribution < -0.4 is 5.32 Å². The average molecular weight is 260 g/mol. The van der Waals surface area contributed by atoms with Crippen molar-refractivity contribution in [1.82, 2.24) is 4.90 Å². The third kappa shape index (κ3) is 2.65. The lowest BCUT2D eigenvalue weighted by Crippen LogP contribution is -2.48. The number of hydrogen-bond acceptors (Lipinski definition) is 3. The molecular formula is C15H20N2O2. The molecule has 0 radical (unpaired) electrons. The van der Waals surface area contributed by atoms with Crippen molar-refractivity contribution in [1.29, 1.82) is 0 Å². The van der Waals surface area contributed by atoms with E-state index in [0.717, 1.165) is 44.5 Å². The highest BCUT2D eigenvalue weighted by Crippen LogP contribution is 2.25. The van der Waals surface area contributed by atoms with Crippen LogP contribution in [0.15, 0.2) is 24.3 Å². The number of rotatable bonds is 1. The van der Waals surface area contributed by atoms with E-state index in [1.54, 1.807) is 0 Å². The minimum atomic E-state index is -0.192. The third-order valence-electron chi connectivity index (χ3n) is 4.20. The quantitative estimate of drug-likeness (QED) is 0.802. The fourth-order valence-corrected chi connectivity index (χ4v) is 3.05. The van der Waals surface area contributed by atoms with E-state index in [4.69, 9.17) is 0 Å². The van der Waals surface area contributed by atoms with Gasteiger partial charge in [-0.3, -0.25) is 9.69 Å². The summed E-state index contributed by atoms with van der Waals surface area (Å²) in [6.45, 7) is 1.63. The first-order chi connectivity index (χ1) is 9.24. The minimum Gasteiger partial charge on any atom is -0.393 e. The van der Waals surface area contributed by atoms with Crippen molar-refractivity contribution in [2.75, 3.05) is 18.4 Å². The molecule has 1 aromatic carbocycles. The van der Waals surface area contributed by atoms with Gasteiger partial charge in [-0.15, -0.1) is 0 Å². The molecule has 19 heavy (non-hydrogen) atoms. The monoisotopic (exact) mass is 260 g/mol. The van der Waals surface area contributed by atoms with E-state index in [2.05, 4.69) is 16.3 Å². The summed E-state index contributed by atoms with van der Waals surface area (Å²) < 4.78 is 0. The number of aliphatic hydroxyl groups is 1. The summed E-state index contributed by atoms with van der Waals surface area (Å²) in [6.07, 6.45) is 3.15. The Balaban J connectivity index is 1.74. The molecule has 0 saturated carbocycles. The second-order valence-electron chi connectivity index (χ2n) is 5.47. The van der Waals surface area contributed by atoms with Crippen LogP contribution in [0.2, 0.25) is 0 Å². The number of aryl methyl sites for hydroxylation is 1. The molecule has 4 nitrogen and oxygen atoms in total. The molecule has 4 heteroatoms. The molecule has 1 saturated heterocycles. The molecule has 0 aromatic heterocycles. The van der Waals surface area contributed by atoms with Crippen molar-refractivity contribution >= 4 is 11.6 Å². The van der Waals surface area contributed by atoms with Gasteiger partial charge in [0.25, 0.3) is 0 Å². The number of anilines is 1.